The fraction of sp³-hybridized carbons (Fsp3) is 0.576. The number of carbonyl (C=O) groups excluding carboxylic acids is 2. The summed E-state index contributed by atoms with van der Waals surface area (Å²) in [6, 6.07) is 8.95. The van der Waals surface area contributed by atoms with E-state index in [4.69, 9.17) is 0 Å². The van der Waals surface area contributed by atoms with Crippen LogP contribution in [0.25, 0.3) is 11.2 Å². The van der Waals surface area contributed by atoms with Crippen LogP contribution < -0.4 is 11.0 Å². The van der Waals surface area contributed by atoms with E-state index in [1.165, 1.54) is 17.8 Å². The van der Waals surface area contributed by atoms with E-state index in [1.54, 1.807) is 16.8 Å². The van der Waals surface area contributed by atoms with Crippen molar-refractivity contribution in [2.75, 3.05) is 32.7 Å². The van der Waals surface area contributed by atoms with E-state index in [0.29, 0.717) is 38.1 Å². The highest BCUT2D eigenvalue weighted by Crippen LogP contribution is 2.48. The molecule has 2 atom stereocenters. The number of likely N-dealkylation sites (tertiary alicyclic amines) is 1. The zero-order chi connectivity index (χ0) is 31.0. The summed E-state index contributed by atoms with van der Waals surface area (Å²) >= 11 is 1.50. The van der Waals surface area contributed by atoms with Gasteiger partial charge in [0.25, 0.3) is 0 Å². The standard InChI is InChI=1S/C33H43FN6O3S/c1-33(2,3)13-19-39-30(42)26(44-31(39)23-6-4-7-24(34)28(23)21-9-15-35-16-10-21)20-27(41)38-17-11-22(12-18-38)40-25-8-5-14-36-29(25)37-32(40)43/h4-8,14,21-22,26,31,35H,9-13,15-20H2,1-3H3,(H,36,37,43)/t26-,31?/m1/s1. The number of halogens is 1. The van der Waals surface area contributed by atoms with Gasteiger partial charge in [-0.15, -0.1) is 11.8 Å². The number of fused-ring (bicyclic) bond motifs is 1. The molecule has 236 valence electrons. The first-order chi connectivity index (χ1) is 21.1. The number of carbonyl (C=O) groups is 2. The molecule has 2 amide bonds. The lowest BCUT2D eigenvalue weighted by Crippen LogP contribution is -2.42. The summed E-state index contributed by atoms with van der Waals surface area (Å²) in [5, 5.41) is 2.53. The second-order valence-electron chi connectivity index (χ2n) is 13.6. The summed E-state index contributed by atoms with van der Waals surface area (Å²) in [4.78, 5) is 51.0. The summed E-state index contributed by atoms with van der Waals surface area (Å²) in [5.74, 6) is -0.178. The van der Waals surface area contributed by atoms with Gasteiger partial charge in [0.2, 0.25) is 11.8 Å². The number of piperidine rings is 2. The van der Waals surface area contributed by atoms with E-state index in [-0.39, 0.29) is 52.5 Å². The number of nitrogens with zero attached hydrogens (tertiary/aromatic N) is 4. The van der Waals surface area contributed by atoms with Crippen molar-refractivity contribution in [3.8, 4) is 0 Å². The highest BCUT2D eigenvalue weighted by molar-refractivity contribution is 8.01. The number of H-pyrrole nitrogens is 1. The number of aromatic amines is 1. The van der Waals surface area contributed by atoms with Crippen LogP contribution in [0.3, 0.4) is 0 Å². The van der Waals surface area contributed by atoms with Crippen LogP contribution in [-0.2, 0) is 9.59 Å². The van der Waals surface area contributed by atoms with Crippen molar-refractivity contribution in [2.45, 2.75) is 81.9 Å². The summed E-state index contributed by atoms with van der Waals surface area (Å²) < 4.78 is 17.2. The van der Waals surface area contributed by atoms with Gasteiger partial charge in [0.15, 0.2) is 5.65 Å². The first kappa shape index (κ1) is 30.8. The fourth-order valence-corrected chi connectivity index (χ4v) is 8.45. The molecule has 0 radical (unpaired) electrons. The number of thioether (sulfide) groups is 1. The Morgan fingerprint density at radius 2 is 1.82 bits per heavy atom. The van der Waals surface area contributed by atoms with E-state index in [1.807, 2.05) is 28.0 Å². The lowest BCUT2D eigenvalue weighted by Gasteiger charge is -2.33. The first-order valence-corrected chi connectivity index (χ1v) is 16.8. The molecule has 9 nitrogen and oxygen atoms in total. The van der Waals surface area contributed by atoms with Gasteiger partial charge in [0, 0.05) is 38.3 Å². The minimum atomic E-state index is -0.517. The van der Waals surface area contributed by atoms with E-state index >= 15 is 4.39 Å². The predicted octanol–water partition coefficient (Wildman–Crippen LogP) is 4.96. The average Bonchev–Trinajstić information content (AvgIpc) is 3.51. The van der Waals surface area contributed by atoms with Crippen LogP contribution in [0.1, 0.15) is 87.8 Å². The van der Waals surface area contributed by atoms with Gasteiger partial charge in [-0.1, -0.05) is 32.9 Å². The van der Waals surface area contributed by atoms with Crippen molar-refractivity contribution in [1.82, 2.24) is 29.7 Å². The Balaban J connectivity index is 1.18. The van der Waals surface area contributed by atoms with Gasteiger partial charge in [-0.3, -0.25) is 19.1 Å². The van der Waals surface area contributed by atoms with Gasteiger partial charge >= 0.3 is 5.69 Å². The topological polar surface area (TPSA) is 103 Å². The molecule has 2 N–H and O–H groups in total. The molecule has 3 aromatic rings. The molecule has 6 rings (SSSR count). The lowest BCUT2D eigenvalue weighted by molar-refractivity contribution is -0.136. The normalized spacial score (nSPS) is 22.3. The number of benzene rings is 1. The minimum absolute atomic E-state index is 0.0226. The van der Waals surface area contributed by atoms with Gasteiger partial charge < -0.3 is 15.1 Å². The van der Waals surface area contributed by atoms with Gasteiger partial charge in [-0.25, -0.2) is 14.2 Å². The van der Waals surface area contributed by atoms with Crippen LogP contribution in [0, 0.1) is 11.2 Å². The average molecular weight is 623 g/mol. The highest BCUT2D eigenvalue weighted by Gasteiger charge is 2.44. The molecule has 44 heavy (non-hydrogen) atoms. The van der Waals surface area contributed by atoms with Crippen molar-refractivity contribution in [3.63, 3.8) is 0 Å². The number of rotatable bonds is 7. The molecule has 1 unspecified atom stereocenters. The summed E-state index contributed by atoms with van der Waals surface area (Å²) in [6.45, 7) is 9.78. The third-order valence-electron chi connectivity index (χ3n) is 9.37. The lowest BCUT2D eigenvalue weighted by atomic mass is 9.86. The summed E-state index contributed by atoms with van der Waals surface area (Å²) in [7, 11) is 0. The number of amides is 2. The molecule has 3 saturated heterocycles. The van der Waals surface area contributed by atoms with E-state index in [2.05, 4.69) is 36.1 Å². The number of hydrogen-bond acceptors (Lipinski definition) is 6. The number of imidazole rings is 1. The second-order valence-corrected chi connectivity index (χ2v) is 14.9. The molecule has 0 saturated carbocycles. The molecular formula is C33H43FN6O3S. The quantitative estimate of drug-likeness (QED) is 0.386. The molecule has 11 heteroatoms. The van der Waals surface area contributed by atoms with Crippen molar-refractivity contribution < 1.29 is 14.0 Å². The summed E-state index contributed by atoms with van der Waals surface area (Å²) in [6.07, 6.45) is 5.62. The molecule has 3 fully saturated rings. The van der Waals surface area contributed by atoms with Crippen LogP contribution >= 0.6 is 11.8 Å². The molecule has 3 aliphatic heterocycles. The van der Waals surface area contributed by atoms with Crippen molar-refractivity contribution >= 4 is 34.7 Å². The van der Waals surface area contributed by atoms with E-state index in [9.17, 15) is 14.4 Å². The highest BCUT2D eigenvalue weighted by atomic mass is 32.2. The number of aromatic nitrogens is 3. The maximum absolute atomic E-state index is 15.5. The zero-order valence-electron chi connectivity index (χ0n) is 25.9. The van der Waals surface area contributed by atoms with Gasteiger partial charge in [0.05, 0.1) is 10.8 Å². The smallest absolute Gasteiger partial charge is 0.327 e. The number of nitrogens with one attached hydrogen (secondary N) is 2. The predicted molar refractivity (Wildman–Crippen MR) is 171 cm³/mol. The molecule has 0 spiro atoms. The maximum atomic E-state index is 15.5. The molecule has 1 aromatic carbocycles. The van der Waals surface area contributed by atoms with Gasteiger partial charge in [-0.05, 0) is 85.9 Å². The Hall–Kier alpha value is -3.18. The number of pyridine rings is 1. The molecule has 2 aromatic heterocycles. The Morgan fingerprint density at radius 3 is 2.55 bits per heavy atom. The van der Waals surface area contributed by atoms with Crippen LogP contribution in [0.15, 0.2) is 41.3 Å². The third-order valence-corrected chi connectivity index (χ3v) is 10.8. The number of hydrogen-bond donors (Lipinski definition) is 2. The molecule has 0 aliphatic carbocycles. The Bertz CT molecular complexity index is 1570. The van der Waals surface area contributed by atoms with Crippen LogP contribution in [0.4, 0.5) is 4.39 Å². The maximum Gasteiger partial charge on any atom is 0.327 e. The van der Waals surface area contributed by atoms with Crippen molar-refractivity contribution in [1.29, 1.82) is 0 Å². The second kappa shape index (κ2) is 12.7. The Labute approximate surface area is 262 Å². The molecular weight excluding hydrogens is 579 g/mol. The van der Waals surface area contributed by atoms with Crippen LogP contribution in [0.2, 0.25) is 0 Å². The molecule has 3 aliphatic rings. The van der Waals surface area contributed by atoms with E-state index in [0.717, 1.165) is 49.0 Å². The minimum Gasteiger partial charge on any atom is -0.342 e. The van der Waals surface area contributed by atoms with Gasteiger partial charge in [0.1, 0.15) is 11.2 Å². The van der Waals surface area contributed by atoms with Crippen LogP contribution in [0.5, 0.6) is 0 Å². The largest absolute Gasteiger partial charge is 0.342 e. The fourth-order valence-electron chi connectivity index (χ4n) is 6.94. The third kappa shape index (κ3) is 6.31. The van der Waals surface area contributed by atoms with E-state index < -0.39 is 5.25 Å². The zero-order valence-corrected chi connectivity index (χ0v) is 26.7. The Kier molecular flexibility index (Phi) is 8.88. The van der Waals surface area contributed by atoms with Crippen LogP contribution in [-0.4, -0.2) is 74.1 Å². The SMILES string of the molecule is CC(C)(C)CCN1C(=O)[C@@H](CC(=O)N2CCC(n3c(=O)[nH]c4ncccc43)CC2)SC1c1cccc(F)c1C1CCNCC1. The molecule has 0 bridgehead atoms. The van der Waals surface area contributed by atoms with Gasteiger partial charge in [-0.2, -0.15) is 0 Å². The molecule has 5 heterocycles. The van der Waals surface area contributed by atoms with Crippen molar-refractivity contribution in [3.05, 3.63) is 64.0 Å². The first-order valence-electron chi connectivity index (χ1n) is 15.9. The monoisotopic (exact) mass is 622 g/mol. The van der Waals surface area contributed by atoms with Crippen molar-refractivity contribution in [2.24, 2.45) is 5.41 Å². The summed E-state index contributed by atoms with van der Waals surface area (Å²) in [5.41, 5.74) is 2.79. The Morgan fingerprint density at radius 1 is 1.07 bits per heavy atom.